The molecule has 4 rings (SSSR count). The number of carbonyl (C=O) groups is 3. The molecule has 2 aromatic heterocycles. The fraction of sp³-hybridized carbons (Fsp3) is 0.261. The van der Waals surface area contributed by atoms with Gasteiger partial charge in [-0.2, -0.15) is 0 Å². The molecule has 3 heterocycles. The van der Waals surface area contributed by atoms with Gasteiger partial charge < -0.3 is 15.5 Å². The van der Waals surface area contributed by atoms with E-state index in [-0.39, 0.29) is 29.4 Å². The van der Waals surface area contributed by atoms with Crippen molar-refractivity contribution < 1.29 is 14.4 Å². The Kier molecular flexibility index (Phi) is 6.86. The van der Waals surface area contributed by atoms with Crippen molar-refractivity contribution in [3.63, 3.8) is 0 Å². The van der Waals surface area contributed by atoms with Gasteiger partial charge in [-0.3, -0.25) is 14.4 Å². The summed E-state index contributed by atoms with van der Waals surface area (Å²) in [6.45, 7) is 1.18. The van der Waals surface area contributed by atoms with Gasteiger partial charge in [0.1, 0.15) is 0 Å². The normalized spacial score (nSPS) is 14.1. The number of carbonyl (C=O) groups excluding carboxylic acids is 3. The number of nitrogens with zero attached hydrogens (tertiary/aromatic N) is 3. The highest BCUT2D eigenvalue weighted by molar-refractivity contribution is 7.10. The average molecular weight is 450 g/mol. The molecule has 0 saturated carbocycles. The molecule has 1 fully saturated rings. The van der Waals surface area contributed by atoms with Gasteiger partial charge in [0.05, 0.1) is 6.42 Å². The summed E-state index contributed by atoms with van der Waals surface area (Å²) in [5, 5.41) is 7.59. The lowest BCUT2D eigenvalue weighted by Crippen LogP contribution is -2.47. The number of hydrogen-bond donors (Lipinski definition) is 2. The van der Waals surface area contributed by atoms with Gasteiger partial charge in [-0.1, -0.05) is 24.3 Å². The maximum atomic E-state index is 12.8. The monoisotopic (exact) mass is 449 g/mol. The Balaban J connectivity index is 1.33. The lowest BCUT2D eigenvalue weighted by molar-refractivity contribution is -0.131. The van der Waals surface area contributed by atoms with E-state index in [2.05, 4.69) is 20.6 Å². The van der Waals surface area contributed by atoms with Gasteiger partial charge in [-0.05, 0) is 36.4 Å². The molecule has 8 nitrogen and oxygen atoms in total. The second-order valence-electron chi connectivity index (χ2n) is 7.46. The molecule has 2 N–H and O–H groups in total. The molecule has 3 amide bonds. The van der Waals surface area contributed by atoms with Gasteiger partial charge >= 0.3 is 0 Å². The van der Waals surface area contributed by atoms with Crippen LogP contribution in [0, 0.1) is 0 Å². The number of hydrogen-bond acceptors (Lipinski definition) is 6. The Labute approximate surface area is 189 Å². The third kappa shape index (κ3) is 5.36. The van der Waals surface area contributed by atoms with Gasteiger partial charge in [0.2, 0.25) is 5.91 Å². The smallest absolute Gasteiger partial charge is 0.273 e. The molecule has 1 aliphatic heterocycles. The Bertz CT molecular complexity index is 1080. The first-order valence-electron chi connectivity index (χ1n) is 10.4. The fourth-order valence-corrected chi connectivity index (χ4v) is 4.26. The highest BCUT2D eigenvalue weighted by atomic mass is 32.1. The molecule has 3 aromatic rings. The molecule has 9 heteroatoms. The maximum absolute atomic E-state index is 12.8. The Morgan fingerprint density at radius 2 is 1.72 bits per heavy atom. The van der Waals surface area contributed by atoms with Crippen LogP contribution in [0.1, 0.15) is 38.6 Å². The minimum atomic E-state index is -0.398. The first kappa shape index (κ1) is 21.6. The molecule has 0 aliphatic carbocycles. The van der Waals surface area contributed by atoms with Gasteiger partial charge in [-0.25, -0.2) is 9.97 Å². The molecular weight excluding hydrogens is 426 g/mol. The number of likely N-dealkylation sites (tertiary alicyclic amines) is 1. The molecule has 164 valence electrons. The molecule has 0 atom stereocenters. The topological polar surface area (TPSA) is 104 Å². The van der Waals surface area contributed by atoms with Crippen molar-refractivity contribution >= 4 is 34.9 Å². The quantitative estimate of drug-likeness (QED) is 0.602. The van der Waals surface area contributed by atoms with Gasteiger partial charge in [-0.15, -0.1) is 11.3 Å². The number of anilines is 1. The zero-order valence-corrected chi connectivity index (χ0v) is 18.2. The highest BCUT2D eigenvalue weighted by Gasteiger charge is 2.26. The maximum Gasteiger partial charge on any atom is 0.273 e. The predicted octanol–water partition coefficient (Wildman–Crippen LogP) is 2.75. The molecule has 0 radical (unpaired) electrons. The third-order valence-corrected chi connectivity index (χ3v) is 6.15. The Morgan fingerprint density at radius 1 is 0.969 bits per heavy atom. The zero-order chi connectivity index (χ0) is 22.3. The zero-order valence-electron chi connectivity index (χ0n) is 17.4. The van der Waals surface area contributed by atoms with Crippen molar-refractivity contribution in [2.75, 3.05) is 18.4 Å². The number of aromatic nitrogens is 2. The van der Waals surface area contributed by atoms with Crippen LogP contribution in [0.4, 0.5) is 5.82 Å². The van der Waals surface area contributed by atoms with Crippen LogP contribution in [0.3, 0.4) is 0 Å². The Morgan fingerprint density at radius 3 is 2.44 bits per heavy atom. The van der Waals surface area contributed by atoms with Crippen molar-refractivity contribution in [3.8, 4) is 0 Å². The first-order chi connectivity index (χ1) is 15.6. The summed E-state index contributed by atoms with van der Waals surface area (Å²) in [6.07, 6.45) is 4.58. The summed E-state index contributed by atoms with van der Waals surface area (Å²) in [5.41, 5.74) is 0.525. The molecule has 32 heavy (non-hydrogen) atoms. The number of amides is 3. The summed E-state index contributed by atoms with van der Waals surface area (Å²) in [7, 11) is 0. The van der Waals surface area contributed by atoms with Crippen LogP contribution in [0.15, 0.2) is 60.2 Å². The lowest BCUT2D eigenvalue weighted by Gasteiger charge is -2.32. The lowest BCUT2D eigenvalue weighted by atomic mass is 10.0. The number of benzene rings is 1. The van der Waals surface area contributed by atoms with E-state index in [1.807, 2.05) is 28.5 Å². The van der Waals surface area contributed by atoms with Crippen molar-refractivity contribution in [1.82, 2.24) is 20.2 Å². The summed E-state index contributed by atoms with van der Waals surface area (Å²) >= 11 is 1.58. The number of rotatable bonds is 6. The summed E-state index contributed by atoms with van der Waals surface area (Å²) < 4.78 is 0. The van der Waals surface area contributed by atoms with Crippen molar-refractivity contribution in [3.05, 3.63) is 76.4 Å². The van der Waals surface area contributed by atoms with Crippen LogP contribution >= 0.6 is 11.3 Å². The van der Waals surface area contributed by atoms with Crippen LogP contribution in [-0.2, 0) is 11.2 Å². The SMILES string of the molecule is O=C(Nc1nccnc1C(=O)NC1CCN(C(=O)Cc2cccs2)CC1)c1ccccc1. The van der Waals surface area contributed by atoms with E-state index in [0.717, 1.165) is 4.88 Å². The van der Waals surface area contributed by atoms with Crippen molar-refractivity contribution in [1.29, 1.82) is 0 Å². The number of nitrogens with one attached hydrogen (secondary N) is 2. The van der Waals surface area contributed by atoms with E-state index in [0.29, 0.717) is 37.9 Å². The average Bonchev–Trinajstić information content (AvgIpc) is 3.33. The second-order valence-corrected chi connectivity index (χ2v) is 8.49. The van der Waals surface area contributed by atoms with E-state index in [1.165, 1.54) is 12.4 Å². The molecule has 0 bridgehead atoms. The summed E-state index contributed by atoms with van der Waals surface area (Å²) in [6, 6.07) is 12.5. The third-order valence-electron chi connectivity index (χ3n) is 5.27. The van der Waals surface area contributed by atoms with E-state index < -0.39 is 5.91 Å². The van der Waals surface area contributed by atoms with E-state index in [1.54, 1.807) is 35.6 Å². The molecule has 1 aromatic carbocycles. The minimum absolute atomic E-state index is 0.0629. The summed E-state index contributed by atoms with van der Waals surface area (Å²) in [5.74, 6) is -0.540. The van der Waals surface area contributed by atoms with Crippen LogP contribution in [0.2, 0.25) is 0 Å². The largest absolute Gasteiger partial charge is 0.348 e. The van der Waals surface area contributed by atoms with Crippen molar-refractivity contribution in [2.24, 2.45) is 0 Å². The van der Waals surface area contributed by atoms with Gasteiger partial charge in [0.25, 0.3) is 11.8 Å². The highest BCUT2D eigenvalue weighted by Crippen LogP contribution is 2.16. The van der Waals surface area contributed by atoms with E-state index in [4.69, 9.17) is 0 Å². The van der Waals surface area contributed by atoms with Crippen LogP contribution in [-0.4, -0.2) is 51.7 Å². The van der Waals surface area contributed by atoms with Crippen molar-refractivity contribution in [2.45, 2.75) is 25.3 Å². The second kappa shape index (κ2) is 10.1. The first-order valence-corrected chi connectivity index (χ1v) is 11.3. The van der Waals surface area contributed by atoms with E-state index in [9.17, 15) is 14.4 Å². The molecule has 0 spiro atoms. The molecular formula is C23H23N5O3S. The Hall–Kier alpha value is -3.59. The van der Waals surface area contributed by atoms with Crippen LogP contribution in [0.5, 0.6) is 0 Å². The standard InChI is InChI=1S/C23H23N5O3S/c29-19(15-18-7-4-14-32-18)28-12-8-17(9-13-28)26-23(31)20-21(25-11-10-24-20)27-22(30)16-5-2-1-3-6-16/h1-7,10-11,14,17H,8-9,12-13,15H2,(H,26,31)(H,25,27,30). The molecule has 0 unspecified atom stereocenters. The number of thiophene rings is 1. The van der Waals surface area contributed by atoms with Gasteiger partial charge in [0, 0.05) is 42.0 Å². The predicted molar refractivity (Wildman–Crippen MR) is 122 cm³/mol. The molecule has 1 aliphatic rings. The van der Waals surface area contributed by atoms with E-state index >= 15 is 0 Å². The number of piperidine rings is 1. The van der Waals surface area contributed by atoms with Gasteiger partial charge in [0.15, 0.2) is 11.5 Å². The fourth-order valence-electron chi connectivity index (χ4n) is 3.57. The molecule has 1 saturated heterocycles. The minimum Gasteiger partial charge on any atom is -0.348 e. The van der Waals surface area contributed by atoms with Crippen LogP contribution < -0.4 is 10.6 Å². The van der Waals surface area contributed by atoms with Crippen LogP contribution in [0.25, 0.3) is 0 Å². The summed E-state index contributed by atoms with van der Waals surface area (Å²) in [4.78, 5) is 48.9.